The van der Waals surface area contributed by atoms with Gasteiger partial charge in [0.1, 0.15) is 0 Å². The standard InChI is InChI=1S/C14H18N2O/c1-9-5-6-10(2)14-13(9)11(8-16(14)4)12(17)7-15-3/h5-6,8,15H,7H2,1-4H3. The molecule has 0 fully saturated rings. The average Bonchev–Trinajstić information content (AvgIpc) is 2.63. The first kappa shape index (κ1) is 11.9. The van der Waals surface area contributed by atoms with Gasteiger partial charge in [0.05, 0.1) is 12.1 Å². The molecule has 1 aromatic heterocycles. The van der Waals surface area contributed by atoms with Crippen molar-refractivity contribution < 1.29 is 4.79 Å². The van der Waals surface area contributed by atoms with E-state index in [1.807, 2.05) is 17.8 Å². The maximum absolute atomic E-state index is 12.1. The van der Waals surface area contributed by atoms with Crippen LogP contribution >= 0.6 is 0 Å². The lowest BCUT2D eigenvalue weighted by Gasteiger charge is -2.04. The van der Waals surface area contributed by atoms with Crippen LogP contribution in [0, 0.1) is 13.8 Å². The van der Waals surface area contributed by atoms with Crippen molar-refractivity contribution in [2.24, 2.45) is 7.05 Å². The van der Waals surface area contributed by atoms with E-state index in [4.69, 9.17) is 0 Å². The van der Waals surface area contributed by atoms with E-state index in [0.717, 1.165) is 22.0 Å². The minimum absolute atomic E-state index is 0.145. The minimum Gasteiger partial charge on any atom is -0.350 e. The van der Waals surface area contributed by atoms with Crippen LogP contribution in [0.3, 0.4) is 0 Å². The van der Waals surface area contributed by atoms with Gasteiger partial charge in [-0.05, 0) is 32.0 Å². The number of benzene rings is 1. The number of carbonyl (C=O) groups is 1. The van der Waals surface area contributed by atoms with Crippen molar-refractivity contribution in [3.63, 3.8) is 0 Å². The quantitative estimate of drug-likeness (QED) is 0.820. The molecule has 3 nitrogen and oxygen atoms in total. The summed E-state index contributed by atoms with van der Waals surface area (Å²) in [4.78, 5) is 12.1. The summed E-state index contributed by atoms with van der Waals surface area (Å²) in [5, 5.41) is 4.01. The molecule has 0 bridgehead atoms. The van der Waals surface area contributed by atoms with E-state index in [2.05, 4.69) is 31.3 Å². The molecule has 2 aromatic rings. The fourth-order valence-electron chi connectivity index (χ4n) is 2.38. The zero-order valence-corrected chi connectivity index (χ0v) is 10.8. The number of rotatable bonds is 3. The van der Waals surface area contributed by atoms with Gasteiger partial charge >= 0.3 is 0 Å². The number of carbonyl (C=O) groups excluding carboxylic acids is 1. The molecular formula is C14H18N2O. The fraction of sp³-hybridized carbons (Fsp3) is 0.357. The van der Waals surface area contributed by atoms with Gasteiger partial charge in [0, 0.05) is 24.2 Å². The van der Waals surface area contributed by atoms with Crippen molar-refractivity contribution in [2.75, 3.05) is 13.6 Å². The normalized spacial score (nSPS) is 11.1. The van der Waals surface area contributed by atoms with Crippen LogP contribution in [0.25, 0.3) is 10.9 Å². The third-order valence-electron chi connectivity index (χ3n) is 3.17. The van der Waals surface area contributed by atoms with Gasteiger partial charge in [-0.15, -0.1) is 0 Å². The van der Waals surface area contributed by atoms with E-state index >= 15 is 0 Å². The Bertz CT molecular complexity index is 581. The van der Waals surface area contributed by atoms with Crippen LogP contribution in [-0.2, 0) is 7.05 Å². The lowest BCUT2D eigenvalue weighted by atomic mass is 10.0. The number of hydrogen-bond acceptors (Lipinski definition) is 2. The third-order valence-corrected chi connectivity index (χ3v) is 3.17. The summed E-state index contributed by atoms with van der Waals surface area (Å²) in [5.74, 6) is 0.145. The van der Waals surface area contributed by atoms with Crippen molar-refractivity contribution in [1.82, 2.24) is 9.88 Å². The Hall–Kier alpha value is -1.61. The predicted octanol–water partition coefficient (Wildman–Crippen LogP) is 2.20. The number of hydrogen-bond donors (Lipinski definition) is 1. The Morgan fingerprint density at radius 1 is 1.29 bits per heavy atom. The predicted molar refractivity (Wildman–Crippen MR) is 70.7 cm³/mol. The lowest BCUT2D eigenvalue weighted by molar-refractivity contribution is 0.0995. The molecule has 0 amide bonds. The number of nitrogens with one attached hydrogen (secondary N) is 1. The molecule has 3 heteroatoms. The Morgan fingerprint density at radius 2 is 1.94 bits per heavy atom. The zero-order valence-electron chi connectivity index (χ0n) is 10.8. The van der Waals surface area contributed by atoms with Crippen molar-refractivity contribution >= 4 is 16.7 Å². The lowest BCUT2D eigenvalue weighted by Crippen LogP contribution is -2.18. The number of Topliss-reactive ketones (excluding diaryl/α,β-unsaturated/α-hetero) is 1. The van der Waals surface area contributed by atoms with E-state index in [9.17, 15) is 4.79 Å². The first-order chi connectivity index (χ1) is 8.06. The largest absolute Gasteiger partial charge is 0.350 e. The van der Waals surface area contributed by atoms with Crippen LogP contribution < -0.4 is 5.32 Å². The molecule has 0 unspecified atom stereocenters. The molecule has 1 heterocycles. The Morgan fingerprint density at radius 3 is 2.59 bits per heavy atom. The number of ketones is 1. The van der Waals surface area contributed by atoms with Crippen molar-refractivity contribution in [2.45, 2.75) is 13.8 Å². The highest BCUT2D eigenvalue weighted by atomic mass is 16.1. The molecule has 0 saturated heterocycles. The number of likely N-dealkylation sites (N-methyl/N-ethyl adjacent to an activating group) is 1. The second-order valence-electron chi connectivity index (χ2n) is 4.53. The summed E-state index contributed by atoms with van der Waals surface area (Å²) in [5.41, 5.74) is 4.34. The van der Waals surface area contributed by atoms with Gasteiger partial charge in [-0.2, -0.15) is 0 Å². The van der Waals surface area contributed by atoms with Gasteiger partial charge in [0.15, 0.2) is 5.78 Å². The first-order valence-electron chi connectivity index (χ1n) is 5.79. The van der Waals surface area contributed by atoms with Crippen molar-refractivity contribution in [3.05, 3.63) is 35.0 Å². The highest BCUT2D eigenvalue weighted by molar-refractivity contribution is 6.10. The number of aromatic nitrogens is 1. The fourth-order valence-corrected chi connectivity index (χ4v) is 2.38. The van der Waals surface area contributed by atoms with E-state index < -0.39 is 0 Å². The third kappa shape index (κ3) is 1.87. The minimum atomic E-state index is 0.145. The first-order valence-corrected chi connectivity index (χ1v) is 5.79. The van der Waals surface area contributed by atoms with E-state index in [1.54, 1.807) is 7.05 Å². The molecule has 0 radical (unpaired) electrons. The summed E-state index contributed by atoms with van der Waals surface area (Å²) in [6.45, 7) is 4.51. The molecule has 0 atom stereocenters. The molecule has 90 valence electrons. The number of nitrogens with zero attached hydrogens (tertiary/aromatic N) is 1. The monoisotopic (exact) mass is 230 g/mol. The van der Waals surface area contributed by atoms with Gasteiger partial charge in [0.2, 0.25) is 0 Å². The van der Waals surface area contributed by atoms with Crippen LogP contribution in [0.2, 0.25) is 0 Å². The number of fused-ring (bicyclic) bond motifs is 1. The van der Waals surface area contributed by atoms with Gasteiger partial charge in [-0.3, -0.25) is 4.79 Å². The summed E-state index contributed by atoms with van der Waals surface area (Å²) >= 11 is 0. The summed E-state index contributed by atoms with van der Waals surface area (Å²) in [6.07, 6.45) is 1.93. The summed E-state index contributed by atoms with van der Waals surface area (Å²) in [6, 6.07) is 4.18. The molecule has 0 aliphatic rings. The molecule has 2 rings (SSSR count). The SMILES string of the molecule is CNCC(=O)c1cn(C)c2c(C)ccc(C)c12. The maximum atomic E-state index is 12.1. The highest BCUT2D eigenvalue weighted by Gasteiger charge is 2.16. The second-order valence-corrected chi connectivity index (χ2v) is 4.53. The van der Waals surface area contributed by atoms with Crippen LogP contribution in [0.4, 0.5) is 0 Å². The smallest absolute Gasteiger partial charge is 0.178 e. The van der Waals surface area contributed by atoms with E-state index in [-0.39, 0.29) is 5.78 Å². The highest BCUT2D eigenvalue weighted by Crippen LogP contribution is 2.27. The molecule has 1 aromatic carbocycles. The molecule has 1 N–H and O–H groups in total. The van der Waals surface area contributed by atoms with Crippen LogP contribution in [0.15, 0.2) is 18.3 Å². The molecule has 17 heavy (non-hydrogen) atoms. The van der Waals surface area contributed by atoms with E-state index in [0.29, 0.717) is 6.54 Å². The van der Waals surface area contributed by atoms with E-state index in [1.165, 1.54) is 5.56 Å². The Kier molecular flexibility index (Phi) is 3.03. The average molecular weight is 230 g/mol. The molecule has 0 aliphatic carbocycles. The Labute approximate surface area is 101 Å². The second kappa shape index (κ2) is 4.34. The topological polar surface area (TPSA) is 34.0 Å². The van der Waals surface area contributed by atoms with Gasteiger partial charge in [-0.25, -0.2) is 0 Å². The molecule has 0 saturated carbocycles. The van der Waals surface area contributed by atoms with Gasteiger partial charge in [-0.1, -0.05) is 12.1 Å². The summed E-state index contributed by atoms with van der Waals surface area (Å²) < 4.78 is 2.04. The Balaban J connectivity index is 2.74. The van der Waals surface area contributed by atoms with Crippen LogP contribution in [0.1, 0.15) is 21.5 Å². The van der Waals surface area contributed by atoms with Gasteiger partial charge < -0.3 is 9.88 Å². The summed E-state index contributed by atoms with van der Waals surface area (Å²) in [7, 11) is 3.78. The van der Waals surface area contributed by atoms with Gasteiger partial charge in [0.25, 0.3) is 0 Å². The zero-order chi connectivity index (χ0) is 12.6. The molecular weight excluding hydrogens is 212 g/mol. The van der Waals surface area contributed by atoms with Crippen LogP contribution in [-0.4, -0.2) is 23.9 Å². The number of aryl methyl sites for hydroxylation is 3. The van der Waals surface area contributed by atoms with Crippen LogP contribution in [0.5, 0.6) is 0 Å². The molecule has 0 aliphatic heterocycles. The maximum Gasteiger partial charge on any atom is 0.178 e. The van der Waals surface area contributed by atoms with Crippen molar-refractivity contribution in [1.29, 1.82) is 0 Å². The van der Waals surface area contributed by atoms with Crippen molar-refractivity contribution in [3.8, 4) is 0 Å². The molecule has 0 spiro atoms.